The monoisotopic (exact) mass is 914 g/mol. The molecule has 3 aromatic heterocycles. The molecule has 13 aromatic carbocycles. The summed E-state index contributed by atoms with van der Waals surface area (Å²) in [4.78, 5) is 0. The lowest BCUT2D eigenvalue weighted by Crippen LogP contribution is -1.92. The molecule has 0 saturated heterocycles. The summed E-state index contributed by atoms with van der Waals surface area (Å²) in [7, 11) is 0. The lowest BCUT2D eigenvalue weighted by Gasteiger charge is -2.21. The molecule has 3 heteroatoms. The smallest absolute Gasteiger partial charge is 0.0434 e. The van der Waals surface area contributed by atoms with Gasteiger partial charge in [0.1, 0.15) is 0 Å². The molecule has 0 unspecified atom stereocenters. The van der Waals surface area contributed by atoms with Crippen molar-refractivity contribution in [1.82, 2.24) is 0 Å². The minimum atomic E-state index is 1.28. The Morgan fingerprint density at radius 1 is 0.294 bits per heavy atom. The van der Waals surface area contributed by atoms with E-state index in [1.807, 2.05) is 53.1 Å². The molecule has 0 aliphatic carbocycles. The summed E-state index contributed by atoms with van der Waals surface area (Å²) in [6.07, 6.45) is 5.58. The van der Waals surface area contributed by atoms with Crippen molar-refractivity contribution in [3.8, 4) is 0 Å². The van der Waals surface area contributed by atoms with Gasteiger partial charge in [-0.3, -0.25) is 0 Å². The fourth-order valence-electron chi connectivity index (χ4n) is 12.0. The molecule has 0 fully saturated rings. The SMILES string of the molecule is C=C/C=C\C.c1ccc2cc3c(ccc4c3c3ccsc3c3c4c4c5sccc5c5c6cc7ccccc7cc6ccc5c4c4c5sccc5c5c6cc7ccccc7cc6ccc5c34)cc2c1. The zero-order valence-corrected chi connectivity index (χ0v) is 39.4. The molecule has 16 aromatic rings. The Hall–Kier alpha value is -7.66. The van der Waals surface area contributed by atoms with Gasteiger partial charge in [0.05, 0.1) is 0 Å². The highest BCUT2D eigenvalue weighted by Crippen LogP contribution is 2.56. The molecule has 68 heavy (non-hydrogen) atoms. The molecule has 0 atom stereocenters. The molecule has 316 valence electrons. The van der Waals surface area contributed by atoms with Crippen LogP contribution in [0.15, 0.2) is 205 Å². The summed E-state index contributed by atoms with van der Waals surface area (Å²) >= 11 is 5.73. The highest BCUT2D eigenvalue weighted by Gasteiger charge is 2.26. The van der Waals surface area contributed by atoms with Gasteiger partial charge in [-0.2, -0.15) is 0 Å². The van der Waals surface area contributed by atoms with Gasteiger partial charge < -0.3 is 0 Å². The molecule has 0 spiro atoms. The van der Waals surface area contributed by atoms with Gasteiger partial charge in [-0.25, -0.2) is 0 Å². The first-order valence-electron chi connectivity index (χ1n) is 23.3. The quantitative estimate of drug-likeness (QED) is 0.0874. The number of benzene rings is 13. The molecule has 0 nitrogen and oxygen atoms in total. The summed E-state index contributed by atoms with van der Waals surface area (Å²) in [6, 6.07) is 62.8. The van der Waals surface area contributed by atoms with Crippen LogP contribution < -0.4 is 0 Å². The second-order valence-corrected chi connectivity index (χ2v) is 21.0. The number of thiophene rings is 3. The van der Waals surface area contributed by atoms with Crippen molar-refractivity contribution in [2.45, 2.75) is 6.92 Å². The lowest BCUT2D eigenvalue weighted by molar-refractivity contribution is 1.74. The maximum atomic E-state index is 3.46. The molecular formula is C65H38S3. The van der Waals surface area contributed by atoms with E-state index in [2.05, 4.69) is 187 Å². The summed E-state index contributed by atoms with van der Waals surface area (Å²) < 4.78 is 4.11. The van der Waals surface area contributed by atoms with Crippen LogP contribution in [-0.4, -0.2) is 0 Å². The van der Waals surface area contributed by atoms with Crippen LogP contribution in [0.4, 0.5) is 0 Å². The number of hydrogen-bond acceptors (Lipinski definition) is 3. The first-order valence-corrected chi connectivity index (χ1v) is 25.9. The molecule has 0 saturated carbocycles. The van der Waals surface area contributed by atoms with Crippen molar-refractivity contribution < 1.29 is 0 Å². The summed E-state index contributed by atoms with van der Waals surface area (Å²) in [5.74, 6) is 0. The molecule has 0 aliphatic heterocycles. The second-order valence-electron chi connectivity index (χ2n) is 18.2. The van der Waals surface area contributed by atoms with E-state index >= 15 is 0 Å². The van der Waals surface area contributed by atoms with E-state index in [1.165, 1.54) is 160 Å². The number of fused-ring (bicyclic) bond motifs is 30. The fourth-order valence-corrected chi connectivity index (χ4v) is 14.9. The van der Waals surface area contributed by atoms with Crippen LogP contribution in [0, 0.1) is 0 Å². The molecule has 0 N–H and O–H groups in total. The third-order valence-electron chi connectivity index (χ3n) is 14.8. The lowest BCUT2D eigenvalue weighted by atomic mass is 9.82. The van der Waals surface area contributed by atoms with E-state index in [0.29, 0.717) is 0 Å². The van der Waals surface area contributed by atoms with Gasteiger partial charge in [-0.15, -0.1) is 34.0 Å². The third-order valence-corrected chi connectivity index (χ3v) is 17.6. The minimum Gasteiger partial charge on any atom is -0.143 e. The Morgan fingerprint density at radius 3 is 0.882 bits per heavy atom. The van der Waals surface area contributed by atoms with Gasteiger partial charge >= 0.3 is 0 Å². The van der Waals surface area contributed by atoms with Crippen LogP contribution in [0.1, 0.15) is 6.92 Å². The predicted octanol–water partition coefficient (Wildman–Crippen LogP) is 20.9. The highest BCUT2D eigenvalue weighted by atomic mass is 32.1. The maximum Gasteiger partial charge on any atom is 0.0434 e. The molecule has 3 heterocycles. The van der Waals surface area contributed by atoms with Crippen molar-refractivity contribution in [2.75, 3.05) is 0 Å². The Bertz CT molecular complexity index is 4420. The largest absolute Gasteiger partial charge is 0.143 e. The second kappa shape index (κ2) is 14.4. The third kappa shape index (κ3) is 5.18. The average molecular weight is 915 g/mol. The summed E-state index contributed by atoms with van der Waals surface area (Å²) in [5.41, 5.74) is 0. The van der Waals surface area contributed by atoms with Crippen LogP contribution in [-0.2, 0) is 0 Å². The van der Waals surface area contributed by atoms with Crippen molar-refractivity contribution in [3.05, 3.63) is 205 Å². The Kier molecular flexibility index (Phi) is 8.15. The number of hydrogen-bond donors (Lipinski definition) is 0. The zero-order valence-electron chi connectivity index (χ0n) is 37.0. The standard InChI is InChI=1S/C60H30S3.C5H8/c1-4-10-34-28-46-37(25-31(34)7-1)13-16-40-49(46)43-19-22-61-58(43)55-52(40)56-54(42-18-15-39-27-33-9-3-6-12-36(33)30-48(39)51(42)44-20-23-62-59(44)56)57-53(55)41-17-14-38-26-32-8-2-5-11-35(32)29-47(38)50(41)45-21-24-63-60(45)57;1-3-5-4-2/h1-30H;3-5H,1H2,2H3/b;5-4-. The predicted molar refractivity (Wildman–Crippen MR) is 308 cm³/mol. The molecule has 16 rings (SSSR count). The van der Waals surface area contributed by atoms with Crippen LogP contribution >= 0.6 is 34.0 Å². The average Bonchev–Trinajstić information content (AvgIpc) is 4.19. The molecule has 0 radical (unpaired) electrons. The molecule has 0 amide bonds. The van der Waals surface area contributed by atoms with E-state index in [1.54, 1.807) is 6.08 Å². The van der Waals surface area contributed by atoms with Gasteiger partial charge in [0.25, 0.3) is 0 Å². The Labute approximate surface area is 402 Å². The molecule has 0 aliphatic rings. The Morgan fingerprint density at radius 2 is 0.603 bits per heavy atom. The topological polar surface area (TPSA) is 0 Å². The number of allylic oxidation sites excluding steroid dienone is 3. The van der Waals surface area contributed by atoms with Crippen molar-refractivity contribution >= 4 is 194 Å². The van der Waals surface area contributed by atoms with E-state index < -0.39 is 0 Å². The zero-order chi connectivity index (χ0) is 44.8. The van der Waals surface area contributed by atoms with Crippen LogP contribution in [0.3, 0.4) is 0 Å². The maximum absolute atomic E-state index is 3.46. The van der Waals surface area contributed by atoms with Crippen molar-refractivity contribution in [3.63, 3.8) is 0 Å². The van der Waals surface area contributed by atoms with E-state index in [9.17, 15) is 0 Å². The molecular weight excluding hydrogens is 877 g/mol. The van der Waals surface area contributed by atoms with E-state index in [4.69, 9.17) is 0 Å². The van der Waals surface area contributed by atoms with E-state index in [0.717, 1.165) is 0 Å². The van der Waals surface area contributed by atoms with Gasteiger partial charge in [-0.05, 0) is 175 Å². The first-order chi connectivity index (χ1) is 33.7. The Balaban J connectivity index is 0.000000803. The first kappa shape index (κ1) is 38.4. The fraction of sp³-hybridized carbons (Fsp3) is 0.0154. The normalized spacial score (nSPS) is 12.5. The van der Waals surface area contributed by atoms with E-state index in [-0.39, 0.29) is 0 Å². The van der Waals surface area contributed by atoms with Crippen LogP contribution in [0.2, 0.25) is 0 Å². The minimum absolute atomic E-state index is 1.28. The van der Waals surface area contributed by atoms with Gasteiger partial charge in [0, 0.05) is 62.6 Å². The van der Waals surface area contributed by atoms with Crippen molar-refractivity contribution in [2.24, 2.45) is 0 Å². The summed E-state index contributed by atoms with van der Waals surface area (Å²) in [6.45, 7) is 5.42. The highest BCUT2D eigenvalue weighted by molar-refractivity contribution is 7.20. The van der Waals surface area contributed by atoms with Crippen LogP contribution in [0.5, 0.6) is 0 Å². The van der Waals surface area contributed by atoms with Crippen molar-refractivity contribution in [1.29, 1.82) is 0 Å². The summed E-state index contributed by atoms with van der Waals surface area (Å²) in [5, 5.41) is 42.9. The van der Waals surface area contributed by atoms with Crippen LogP contribution in [0.25, 0.3) is 160 Å². The van der Waals surface area contributed by atoms with Gasteiger partial charge in [-0.1, -0.05) is 134 Å². The van der Waals surface area contributed by atoms with Gasteiger partial charge in [0.15, 0.2) is 0 Å². The molecule has 0 bridgehead atoms. The van der Waals surface area contributed by atoms with Gasteiger partial charge in [0.2, 0.25) is 0 Å². The number of rotatable bonds is 1.